The van der Waals surface area contributed by atoms with Gasteiger partial charge in [-0.25, -0.2) is 4.79 Å². The minimum absolute atomic E-state index is 0.129. The molecule has 0 saturated heterocycles. The normalized spacial score (nSPS) is 13.8. The van der Waals surface area contributed by atoms with Gasteiger partial charge in [-0.2, -0.15) is 13.2 Å². The van der Waals surface area contributed by atoms with Crippen molar-refractivity contribution in [2.45, 2.75) is 32.0 Å². The van der Waals surface area contributed by atoms with Crippen LogP contribution >= 0.6 is 0 Å². The molecular formula is C9H15F3O4. The van der Waals surface area contributed by atoms with Crippen LogP contribution in [0.1, 0.15) is 19.8 Å². The third-order valence-electron chi connectivity index (χ3n) is 1.66. The van der Waals surface area contributed by atoms with Crippen molar-refractivity contribution in [3.05, 3.63) is 0 Å². The molecule has 0 aromatic carbocycles. The summed E-state index contributed by atoms with van der Waals surface area (Å²) in [7, 11) is 0. The molecule has 0 rings (SSSR count). The van der Waals surface area contributed by atoms with E-state index in [9.17, 15) is 18.0 Å². The molecule has 1 N–H and O–H groups in total. The van der Waals surface area contributed by atoms with E-state index in [0.29, 0.717) is 0 Å². The van der Waals surface area contributed by atoms with Crippen LogP contribution < -0.4 is 0 Å². The van der Waals surface area contributed by atoms with Gasteiger partial charge in [0.15, 0.2) is 6.10 Å². The fourth-order valence-electron chi connectivity index (χ4n) is 0.957. The van der Waals surface area contributed by atoms with Crippen molar-refractivity contribution in [3.63, 3.8) is 0 Å². The lowest BCUT2D eigenvalue weighted by atomic mass is 10.3. The summed E-state index contributed by atoms with van der Waals surface area (Å²) in [6.07, 6.45) is -6.42. The van der Waals surface area contributed by atoms with Gasteiger partial charge in [-0.15, -0.1) is 0 Å². The number of ether oxygens (including phenoxy) is 2. The molecule has 0 bridgehead atoms. The molecule has 7 heteroatoms. The number of carbonyl (C=O) groups is 1. The summed E-state index contributed by atoms with van der Waals surface area (Å²) in [5, 5.41) is 8.61. The molecule has 0 heterocycles. The third kappa shape index (κ3) is 8.49. The van der Waals surface area contributed by atoms with Gasteiger partial charge in [0.25, 0.3) is 0 Å². The van der Waals surface area contributed by atoms with Crippen molar-refractivity contribution >= 4 is 5.97 Å². The molecule has 0 fully saturated rings. The maximum atomic E-state index is 11.7. The molecule has 0 radical (unpaired) electrons. The van der Waals surface area contributed by atoms with Crippen LogP contribution in [0, 0.1) is 0 Å². The molecule has 96 valence electrons. The largest absolute Gasteiger partial charge is 0.479 e. The number of carboxylic acid groups (broad SMARTS) is 1. The first-order valence-corrected chi connectivity index (χ1v) is 4.85. The quantitative estimate of drug-likeness (QED) is 0.662. The number of alkyl halides is 3. The van der Waals surface area contributed by atoms with E-state index in [0.717, 1.165) is 0 Å². The van der Waals surface area contributed by atoms with E-state index in [1.807, 2.05) is 0 Å². The van der Waals surface area contributed by atoms with Gasteiger partial charge in [-0.3, -0.25) is 0 Å². The molecule has 0 amide bonds. The predicted octanol–water partition coefficient (Wildman–Crippen LogP) is 1.84. The number of rotatable bonds is 8. The Morgan fingerprint density at radius 3 is 2.50 bits per heavy atom. The Balaban J connectivity index is 3.59. The van der Waals surface area contributed by atoms with Crippen molar-refractivity contribution in [3.8, 4) is 0 Å². The Morgan fingerprint density at radius 1 is 1.44 bits per heavy atom. The number of carboxylic acids is 1. The van der Waals surface area contributed by atoms with Crippen molar-refractivity contribution < 1.29 is 32.5 Å². The SMILES string of the molecule is CCOC(COCCCC(F)(F)F)C(=O)O. The van der Waals surface area contributed by atoms with Crippen LogP contribution in [-0.4, -0.2) is 43.2 Å². The summed E-state index contributed by atoms with van der Waals surface area (Å²) >= 11 is 0. The number of hydrogen-bond donors (Lipinski definition) is 1. The van der Waals surface area contributed by atoms with E-state index in [1.54, 1.807) is 6.92 Å². The van der Waals surface area contributed by atoms with E-state index in [1.165, 1.54) is 0 Å². The second-order valence-corrected chi connectivity index (χ2v) is 3.08. The molecule has 0 aliphatic carbocycles. The lowest BCUT2D eigenvalue weighted by Gasteiger charge is -2.12. The van der Waals surface area contributed by atoms with Gasteiger partial charge >= 0.3 is 12.1 Å². The molecule has 16 heavy (non-hydrogen) atoms. The van der Waals surface area contributed by atoms with Gasteiger partial charge in [-0.1, -0.05) is 0 Å². The number of aliphatic carboxylic acids is 1. The maximum absolute atomic E-state index is 11.7. The molecule has 0 aromatic heterocycles. The average Bonchev–Trinajstić information content (AvgIpc) is 2.13. The van der Waals surface area contributed by atoms with E-state index < -0.39 is 24.7 Å². The topological polar surface area (TPSA) is 55.8 Å². The molecule has 0 aromatic rings. The second kappa shape index (κ2) is 7.45. The standard InChI is InChI=1S/C9H15F3O4/c1-2-16-7(8(13)14)6-15-5-3-4-9(10,11)12/h7H,2-6H2,1H3,(H,13,14). The first kappa shape index (κ1) is 15.2. The third-order valence-corrected chi connectivity index (χ3v) is 1.66. The van der Waals surface area contributed by atoms with Crippen LogP contribution in [0.2, 0.25) is 0 Å². The summed E-state index contributed by atoms with van der Waals surface area (Å²) in [4.78, 5) is 10.5. The monoisotopic (exact) mass is 244 g/mol. The summed E-state index contributed by atoms with van der Waals surface area (Å²) in [6.45, 7) is 1.47. The van der Waals surface area contributed by atoms with Gasteiger partial charge in [-0.05, 0) is 13.3 Å². The minimum atomic E-state index is -4.20. The van der Waals surface area contributed by atoms with E-state index >= 15 is 0 Å². The lowest BCUT2D eigenvalue weighted by molar-refractivity contribution is -0.155. The fourth-order valence-corrected chi connectivity index (χ4v) is 0.957. The Labute approximate surface area is 91.3 Å². The highest BCUT2D eigenvalue weighted by molar-refractivity contribution is 5.72. The number of halogens is 3. The zero-order valence-electron chi connectivity index (χ0n) is 8.92. The highest BCUT2D eigenvalue weighted by atomic mass is 19.4. The summed E-state index contributed by atoms with van der Waals surface area (Å²) in [6, 6.07) is 0. The van der Waals surface area contributed by atoms with Crippen LogP contribution in [0.3, 0.4) is 0 Å². The highest BCUT2D eigenvalue weighted by Gasteiger charge is 2.26. The van der Waals surface area contributed by atoms with Crippen molar-refractivity contribution in [2.75, 3.05) is 19.8 Å². The molecule has 0 aliphatic heterocycles. The zero-order chi connectivity index (χ0) is 12.6. The van der Waals surface area contributed by atoms with E-state index in [2.05, 4.69) is 0 Å². The predicted molar refractivity (Wildman–Crippen MR) is 49.2 cm³/mol. The van der Waals surface area contributed by atoms with Crippen LogP contribution in [0.4, 0.5) is 13.2 Å². The molecule has 1 atom stereocenters. The highest BCUT2D eigenvalue weighted by Crippen LogP contribution is 2.20. The smallest absolute Gasteiger partial charge is 0.389 e. The summed E-state index contributed by atoms with van der Waals surface area (Å²) < 4.78 is 44.8. The fraction of sp³-hybridized carbons (Fsp3) is 0.889. The lowest BCUT2D eigenvalue weighted by Crippen LogP contribution is -2.29. The van der Waals surface area contributed by atoms with Gasteiger partial charge in [0.2, 0.25) is 0 Å². The van der Waals surface area contributed by atoms with Crippen LogP contribution in [0.15, 0.2) is 0 Å². The van der Waals surface area contributed by atoms with E-state index in [4.69, 9.17) is 14.6 Å². The van der Waals surface area contributed by atoms with Gasteiger partial charge in [0, 0.05) is 19.6 Å². The van der Waals surface area contributed by atoms with Crippen LogP contribution in [0.25, 0.3) is 0 Å². The first-order chi connectivity index (χ1) is 7.37. The van der Waals surface area contributed by atoms with Crippen molar-refractivity contribution in [1.82, 2.24) is 0 Å². The van der Waals surface area contributed by atoms with Gasteiger partial charge in [0.05, 0.1) is 6.61 Å². The Hall–Kier alpha value is -0.820. The van der Waals surface area contributed by atoms with Gasteiger partial charge < -0.3 is 14.6 Å². The van der Waals surface area contributed by atoms with Crippen LogP contribution in [-0.2, 0) is 14.3 Å². The zero-order valence-corrected chi connectivity index (χ0v) is 8.92. The maximum Gasteiger partial charge on any atom is 0.389 e. The van der Waals surface area contributed by atoms with Crippen molar-refractivity contribution in [2.24, 2.45) is 0 Å². The average molecular weight is 244 g/mol. The first-order valence-electron chi connectivity index (χ1n) is 4.85. The molecular weight excluding hydrogens is 229 g/mol. The van der Waals surface area contributed by atoms with E-state index in [-0.39, 0.29) is 26.2 Å². The summed E-state index contributed by atoms with van der Waals surface area (Å²) in [5.41, 5.74) is 0. The molecule has 4 nitrogen and oxygen atoms in total. The summed E-state index contributed by atoms with van der Waals surface area (Å²) in [5.74, 6) is -1.18. The second-order valence-electron chi connectivity index (χ2n) is 3.08. The minimum Gasteiger partial charge on any atom is -0.479 e. The molecule has 0 saturated carbocycles. The van der Waals surface area contributed by atoms with Gasteiger partial charge in [0.1, 0.15) is 0 Å². The molecule has 1 unspecified atom stereocenters. The Bertz CT molecular complexity index is 205. The van der Waals surface area contributed by atoms with Crippen LogP contribution in [0.5, 0.6) is 0 Å². The molecule has 0 spiro atoms. The Morgan fingerprint density at radius 2 is 2.06 bits per heavy atom. The van der Waals surface area contributed by atoms with Crippen molar-refractivity contribution in [1.29, 1.82) is 0 Å². The molecule has 0 aliphatic rings. The Kier molecular flexibility index (Phi) is 7.07. The number of hydrogen-bond acceptors (Lipinski definition) is 3.